The lowest BCUT2D eigenvalue weighted by atomic mass is 10.0. The minimum Gasteiger partial charge on any atom is -0.403 e. The van der Waals surface area contributed by atoms with Crippen molar-refractivity contribution in [2.45, 2.75) is 35.3 Å². The molecule has 14 heteroatoms. The number of anilines is 4. The van der Waals surface area contributed by atoms with E-state index in [-0.39, 0.29) is 16.0 Å². The molecule has 1 aliphatic carbocycles. The van der Waals surface area contributed by atoms with Crippen molar-refractivity contribution in [2.24, 2.45) is 10.7 Å². The van der Waals surface area contributed by atoms with Crippen LogP contribution in [0.1, 0.15) is 30.9 Å². The molecule has 0 aromatic carbocycles. The van der Waals surface area contributed by atoms with Gasteiger partial charge in [0, 0.05) is 69.0 Å². The quantitative estimate of drug-likeness (QED) is 0.140. The number of alkyl halides is 1. The van der Waals surface area contributed by atoms with Crippen LogP contribution >= 0.6 is 22.6 Å². The Morgan fingerprint density at radius 2 is 1.97 bits per heavy atom. The van der Waals surface area contributed by atoms with Gasteiger partial charge in [-0.15, -0.1) is 0 Å². The second kappa shape index (κ2) is 10.9. The van der Waals surface area contributed by atoms with E-state index in [0.29, 0.717) is 36.1 Å². The number of aromatic nitrogens is 5. The van der Waals surface area contributed by atoms with E-state index in [1.165, 1.54) is 25.2 Å². The Hall–Kier alpha value is -3.01. The van der Waals surface area contributed by atoms with Gasteiger partial charge < -0.3 is 31.1 Å². The zero-order valence-corrected chi connectivity index (χ0v) is 22.3. The number of nitrogens with one attached hydrogen (secondary N) is 3. The minimum absolute atomic E-state index is 0.0960. The molecule has 3 aliphatic rings. The number of aromatic amines is 1. The first-order chi connectivity index (χ1) is 17.5. The van der Waals surface area contributed by atoms with Crippen LogP contribution in [0.5, 0.6) is 0 Å². The van der Waals surface area contributed by atoms with Gasteiger partial charge in [-0.05, 0) is 26.3 Å². The highest BCUT2D eigenvalue weighted by atomic mass is 127. The average Bonchev–Trinajstić information content (AvgIpc) is 3.58. The highest BCUT2D eigenvalue weighted by Gasteiger charge is 2.37. The van der Waals surface area contributed by atoms with Crippen molar-refractivity contribution in [3.63, 3.8) is 0 Å². The maximum absolute atomic E-state index is 12.9. The molecule has 1 saturated carbocycles. The Kier molecular flexibility index (Phi) is 7.50. The summed E-state index contributed by atoms with van der Waals surface area (Å²) >= 11 is 2.11. The molecule has 0 spiro atoms. The van der Waals surface area contributed by atoms with Crippen LogP contribution in [0.4, 0.5) is 23.7 Å². The van der Waals surface area contributed by atoms with Gasteiger partial charge in [-0.2, -0.15) is 20.1 Å². The van der Waals surface area contributed by atoms with E-state index >= 15 is 0 Å². The first kappa shape index (κ1) is 24.7. The van der Waals surface area contributed by atoms with Crippen LogP contribution in [0.3, 0.4) is 0 Å². The van der Waals surface area contributed by atoms with E-state index in [1.807, 2.05) is 11.0 Å². The van der Waals surface area contributed by atoms with Gasteiger partial charge in [0.1, 0.15) is 10.1 Å². The van der Waals surface area contributed by atoms with Crippen LogP contribution in [0.15, 0.2) is 23.5 Å². The normalized spacial score (nSPS) is 21.7. The number of aliphatic imine (C=N–C) groups is 1. The summed E-state index contributed by atoms with van der Waals surface area (Å²) in [4.78, 5) is 37.5. The molecule has 2 aromatic rings. The summed E-state index contributed by atoms with van der Waals surface area (Å²) in [7, 11) is 2.11. The summed E-state index contributed by atoms with van der Waals surface area (Å²) in [5, 5.41) is 13.7. The molecule has 5 N–H and O–H groups in total. The Balaban J connectivity index is 1.34. The number of hydrogen-bond donors (Lipinski definition) is 4. The summed E-state index contributed by atoms with van der Waals surface area (Å²) in [5.74, 6) is 2.65. The van der Waals surface area contributed by atoms with Gasteiger partial charge in [0.25, 0.3) is 0 Å². The molecule has 192 valence electrons. The predicted octanol–water partition coefficient (Wildman–Crippen LogP) is 0.924. The van der Waals surface area contributed by atoms with Crippen LogP contribution in [-0.4, -0.2) is 92.0 Å². The summed E-state index contributed by atoms with van der Waals surface area (Å²) in [5.41, 5.74) is 6.43. The lowest BCUT2D eigenvalue weighted by Crippen LogP contribution is -2.58. The van der Waals surface area contributed by atoms with Crippen molar-refractivity contribution in [3.8, 4) is 0 Å². The monoisotopic (exact) mass is 606 g/mol. The third kappa shape index (κ3) is 5.86. The summed E-state index contributed by atoms with van der Waals surface area (Å²) in [6.07, 6.45) is 7.54. The maximum Gasteiger partial charge on any atom is 0.244 e. The first-order valence-corrected chi connectivity index (χ1v) is 13.4. The number of carbonyl (C=O) groups excluding carboxylic acids is 1. The number of H-pyrrole nitrogens is 1. The van der Waals surface area contributed by atoms with Crippen LogP contribution in [-0.2, 0) is 4.79 Å². The van der Waals surface area contributed by atoms with Gasteiger partial charge in [0.15, 0.2) is 5.82 Å². The molecular formula is C22H31IN12O. The third-order valence-corrected chi connectivity index (χ3v) is 7.13. The molecule has 1 amide bonds. The minimum atomic E-state index is -0.358. The average molecular weight is 606 g/mol. The number of halogens is 1. The van der Waals surface area contributed by atoms with Crippen molar-refractivity contribution >= 4 is 58.4 Å². The second-order valence-corrected chi connectivity index (χ2v) is 10.5. The number of carbonyl (C=O) groups is 1. The summed E-state index contributed by atoms with van der Waals surface area (Å²) in [6.45, 7) is 4.20. The Morgan fingerprint density at radius 1 is 1.19 bits per heavy atom. The van der Waals surface area contributed by atoms with Gasteiger partial charge >= 0.3 is 0 Å². The van der Waals surface area contributed by atoms with Crippen molar-refractivity contribution in [3.05, 3.63) is 24.2 Å². The predicted molar refractivity (Wildman–Crippen MR) is 147 cm³/mol. The van der Waals surface area contributed by atoms with Gasteiger partial charge in [-0.25, -0.2) is 0 Å². The van der Waals surface area contributed by atoms with Gasteiger partial charge in [0.05, 0.1) is 0 Å². The fourth-order valence-electron chi connectivity index (χ4n) is 4.15. The zero-order valence-electron chi connectivity index (χ0n) is 20.1. The fourth-order valence-corrected chi connectivity index (χ4v) is 4.64. The van der Waals surface area contributed by atoms with E-state index < -0.39 is 0 Å². The maximum atomic E-state index is 12.9. The molecule has 36 heavy (non-hydrogen) atoms. The molecule has 13 nitrogen and oxygen atoms in total. The lowest BCUT2D eigenvalue weighted by Gasteiger charge is -2.40. The molecule has 2 aromatic heterocycles. The molecule has 2 atom stereocenters. The van der Waals surface area contributed by atoms with Crippen LogP contribution in [0.25, 0.3) is 0 Å². The van der Waals surface area contributed by atoms with E-state index in [4.69, 9.17) is 15.7 Å². The summed E-state index contributed by atoms with van der Waals surface area (Å²) in [6, 6.07) is 1.65. The van der Waals surface area contributed by atoms with Crippen LogP contribution in [0.2, 0.25) is 0 Å². The standard InChI is InChI=1S/C22H31IN12O/c1-33-8-10-34(11-9-33)21-28-20(27-18-12-15(31-32-18)14-2-3-14)29-22(30-21)35-7-4-16(35)19(36)26-17(23)13-25-6-5-24/h5-6,12-14,16-17H,2-4,7-11,24H2,1H3,(H,26,36)(H2,27,28,29,30,31,32)/b6-5-,25-13?/t16-,17?/m0/s1. The van der Waals surface area contributed by atoms with Crippen LogP contribution in [0, 0.1) is 0 Å². The molecule has 5 rings (SSSR count). The number of hydrogen-bond acceptors (Lipinski definition) is 11. The van der Waals surface area contributed by atoms with E-state index in [0.717, 1.165) is 38.3 Å². The number of amides is 1. The molecular weight excluding hydrogens is 575 g/mol. The molecule has 2 aliphatic heterocycles. The third-order valence-electron chi connectivity index (χ3n) is 6.50. The zero-order chi connectivity index (χ0) is 25.1. The molecule has 2 saturated heterocycles. The lowest BCUT2D eigenvalue weighted by molar-refractivity contribution is -0.123. The number of nitrogens with zero attached hydrogens (tertiary/aromatic N) is 8. The van der Waals surface area contributed by atoms with Crippen molar-refractivity contribution in [2.75, 3.05) is 54.9 Å². The van der Waals surface area contributed by atoms with Gasteiger partial charge in [-0.1, -0.05) is 22.6 Å². The van der Waals surface area contributed by atoms with E-state index in [2.05, 4.69) is 70.2 Å². The topological polar surface area (TPSA) is 157 Å². The Bertz CT molecular complexity index is 1120. The number of piperazine rings is 1. The molecule has 0 radical (unpaired) electrons. The van der Waals surface area contributed by atoms with Crippen molar-refractivity contribution in [1.29, 1.82) is 0 Å². The van der Waals surface area contributed by atoms with E-state index in [9.17, 15) is 4.79 Å². The smallest absolute Gasteiger partial charge is 0.244 e. The van der Waals surface area contributed by atoms with Crippen LogP contribution < -0.4 is 26.2 Å². The van der Waals surface area contributed by atoms with Crippen molar-refractivity contribution in [1.82, 2.24) is 35.4 Å². The highest BCUT2D eigenvalue weighted by molar-refractivity contribution is 14.1. The highest BCUT2D eigenvalue weighted by Crippen LogP contribution is 2.39. The SMILES string of the molecule is CN1CCN(c2nc(Nc3cc(C4CC4)[nH]n3)nc(N3CC[C@H]3C(=O)NC(I)C=N/C=C\N)n2)CC1. The number of rotatable bonds is 9. The Morgan fingerprint density at radius 3 is 2.67 bits per heavy atom. The summed E-state index contributed by atoms with van der Waals surface area (Å²) < 4.78 is -0.259. The molecule has 4 heterocycles. The number of likely N-dealkylation sites (N-methyl/N-ethyl adjacent to an activating group) is 1. The fraction of sp³-hybridized carbons (Fsp3) is 0.545. The van der Waals surface area contributed by atoms with Gasteiger partial charge in [0.2, 0.25) is 23.8 Å². The van der Waals surface area contributed by atoms with E-state index in [1.54, 1.807) is 6.21 Å². The second-order valence-electron chi connectivity index (χ2n) is 9.21. The molecule has 0 bridgehead atoms. The van der Waals surface area contributed by atoms with Crippen molar-refractivity contribution < 1.29 is 4.79 Å². The van der Waals surface area contributed by atoms with Gasteiger partial charge in [-0.3, -0.25) is 14.9 Å². The largest absolute Gasteiger partial charge is 0.403 e. The number of nitrogens with two attached hydrogens (primary N) is 1. The molecule has 1 unspecified atom stereocenters. The first-order valence-electron chi connectivity index (χ1n) is 12.1. The molecule has 3 fully saturated rings. The Labute approximate surface area is 223 Å².